The molecule has 7 nitrogen and oxygen atoms in total. The van der Waals surface area contributed by atoms with Gasteiger partial charge in [0, 0.05) is 18.8 Å². The molecule has 0 N–H and O–H groups in total. The zero-order chi connectivity index (χ0) is 25.5. The Bertz CT molecular complexity index is 1410. The van der Waals surface area contributed by atoms with Crippen LogP contribution in [0.5, 0.6) is 0 Å². The molecule has 0 unspecified atom stereocenters. The van der Waals surface area contributed by atoms with Gasteiger partial charge in [0.2, 0.25) is 9.81 Å². The number of benzene rings is 1. The van der Waals surface area contributed by atoms with E-state index in [1.165, 1.54) is 6.92 Å². The van der Waals surface area contributed by atoms with Crippen molar-refractivity contribution in [1.29, 1.82) is 0 Å². The molecule has 0 saturated carbocycles. The minimum atomic E-state index is -4.77. The molecule has 0 spiro atoms. The lowest BCUT2D eigenvalue weighted by atomic mass is 10.1. The largest absolute Gasteiger partial charge is 0.445 e. The summed E-state index contributed by atoms with van der Waals surface area (Å²) in [5.74, 6) is -1.67. The Kier molecular flexibility index (Phi) is 6.72. The summed E-state index contributed by atoms with van der Waals surface area (Å²) >= 11 is 0.0821. The minimum Gasteiger partial charge on any atom is -0.265 e. The summed E-state index contributed by atoms with van der Waals surface area (Å²) in [7, 11) is -2.95. The number of rotatable bonds is 4. The van der Waals surface area contributed by atoms with Crippen molar-refractivity contribution in [2.24, 2.45) is 12.0 Å². The topological polar surface area (TPSA) is 94.3 Å². The van der Waals surface area contributed by atoms with Crippen LogP contribution in [0.3, 0.4) is 0 Å². The number of halogens is 6. The molecular formula is C19H14F6N4O3S2. The van der Waals surface area contributed by atoms with Crippen molar-refractivity contribution < 1.29 is 39.6 Å². The molecule has 0 saturated heterocycles. The lowest BCUT2D eigenvalue weighted by Gasteiger charge is -2.10. The molecule has 0 radical (unpaired) electrons. The number of nitrogens with zero attached hydrogens (tertiary/aromatic N) is 4. The number of aryl methyl sites for hydroxylation is 1. The fourth-order valence-corrected chi connectivity index (χ4v) is 4.51. The van der Waals surface area contributed by atoms with E-state index in [2.05, 4.69) is 15.1 Å². The van der Waals surface area contributed by atoms with E-state index in [-0.39, 0.29) is 22.5 Å². The highest BCUT2D eigenvalue weighted by molar-refractivity contribution is 7.91. The number of pyridine rings is 1. The van der Waals surface area contributed by atoms with Gasteiger partial charge in [-0.15, -0.1) is 0 Å². The average molecular weight is 524 g/mol. The van der Waals surface area contributed by atoms with Gasteiger partial charge in [0.05, 0.1) is 16.2 Å². The van der Waals surface area contributed by atoms with Crippen LogP contribution in [-0.4, -0.2) is 34.8 Å². The fourth-order valence-electron chi connectivity index (χ4n) is 2.71. The molecule has 0 aliphatic rings. The van der Waals surface area contributed by atoms with Gasteiger partial charge in [0.15, 0.2) is 9.84 Å². The standard InChI is InChI=1S/C19H14F6N4O3S2/c1-3-34(31,32)13-8-11(10-4-6-12(7-5-10)18(20,21)22)9-26-14(13)15(30)27-17-29(2)28-16(33-17)19(23,24)25/h4-9H,3H2,1-2H3. The molecule has 2 heterocycles. The van der Waals surface area contributed by atoms with Crippen molar-refractivity contribution in [3.63, 3.8) is 0 Å². The number of carbonyl (C=O) groups excluding carboxylic acids is 1. The summed E-state index contributed by atoms with van der Waals surface area (Å²) < 4.78 is 103. The van der Waals surface area contributed by atoms with Gasteiger partial charge in [-0.25, -0.2) is 18.1 Å². The highest BCUT2D eigenvalue weighted by Gasteiger charge is 2.35. The summed E-state index contributed by atoms with van der Waals surface area (Å²) in [6.07, 6.45) is -8.27. The van der Waals surface area contributed by atoms with Crippen LogP contribution in [0.25, 0.3) is 11.1 Å². The Morgan fingerprint density at radius 1 is 1.06 bits per heavy atom. The predicted molar refractivity (Wildman–Crippen MR) is 108 cm³/mol. The first-order valence-electron chi connectivity index (χ1n) is 9.24. The highest BCUT2D eigenvalue weighted by atomic mass is 32.2. The Hall–Kier alpha value is -3.07. The molecular weight excluding hydrogens is 510 g/mol. The van der Waals surface area contributed by atoms with Gasteiger partial charge in [-0.2, -0.15) is 36.4 Å². The van der Waals surface area contributed by atoms with Crippen LogP contribution in [0.15, 0.2) is 46.4 Å². The zero-order valence-corrected chi connectivity index (χ0v) is 18.9. The second-order valence-corrected chi connectivity index (χ2v) is 9.98. The van der Waals surface area contributed by atoms with E-state index in [1.54, 1.807) is 0 Å². The molecule has 34 heavy (non-hydrogen) atoms. The molecule has 15 heteroatoms. The van der Waals surface area contributed by atoms with Crippen molar-refractivity contribution in [1.82, 2.24) is 14.8 Å². The van der Waals surface area contributed by atoms with Crippen molar-refractivity contribution in [2.45, 2.75) is 24.2 Å². The van der Waals surface area contributed by atoms with E-state index in [9.17, 15) is 39.6 Å². The number of amides is 1. The van der Waals surface area contributed by atoms with E-state index in [1.807, 2.05) is 0 Å². The van der Waals surface area contributed by atoms with E-state index in [0.29, 0.717) is 0 Å². The molecule has 2 aromatic heterocycles. The third-order valence-corrected chi connectivity index (χ3v) is 7.25. The van der Waals surface area contributed by atoms with E-state index >= 15 is 0 Å². The fraction of sp³-hybridized carbons (Fsp3) is 0.263. The average Bonchev–Trinajstić information content (AvgIpc) is 3.13. The molecule has 1 aromatic carbocycles. The lowest BCUT2D eigenvalue weighted by molar-refractivity contribution is -0.138. The maximum absolute atomic E-state index is 12.9. The molecule has 0 fully saturated rings. The Balaban J connectivity index is 2.10. The summed E-state index contributed by atoms with van der Waals surface area (Å²) in [6.45, 7) is 1.30. The monoisotopic (exact) mass is 524 g/mol. The SMILES string of the molecule is CCS(=O)(=O)c1cc(-c2ccc(C(F)(F)F)cc2)cnc1C(=O)N=c1sc(C(F)(F)F)nn1C. The van der Waals surface area contributed by atoms with Gasteiger partial charge >= 0.3 is 12.4 Å². The van der Waals surface area contributed by atoms with Crippen molar-refractivity contribution in [3.05, 3.63) is 57.6 Å². The molecule has 0 aliphatic heterocycles. The number of aromatic nitrogens is 3. The second kappa shape index (κ2) is 8.94. The number of sulfone groups is 1. The highest BCUT2D eigenvalue weighted by Crippen LogP contribution is 2.32. The Morgan fingerprint density at radius 2 is 1.68 bits per heavy atom. The number of carbonyl (C=O) groups is 1. The minimum absolute atomic E-state index is 0.0821. The second-order valence-electron chi connectivity index (χ2n) is 6.78. The number of alkyl halides is 6. The van der Waals surface area contributed by atoms with Crippen LogP contribution >= 0.6 is 11.3 Å². The summed E-state index contributed by atoms with van der Waals surface area (Å²) in [5, 5.41) is 1.98. The van der Waals surface area contributed by atoms with E-state index in [0.717, 1.165) is 48.3 Å². The van der Waals surface area contributed by atoms with Gasteiger partial charge in [0.1, 0.15) is 5.69 Å². The maximum Gasteiger partial charge on any atom is 0.445 e. The van der Waals surface area contributed by atoms with Crippen LogP contribution in [0.1, 0.15) is 28.0 Å². The summed E-state index contributed by atoms with van der Waals surface area (Å²) in [6, 6.07) is 4.90. The first kappa shape index (κ1) is 25.6. The zero-order valence-electron chi connectivity index (χ0n) is 17.3. The first-order valence-corrected chi connectivity index (χ1v) is 11.7. The van der Waals surface area contributed by atoms with Crippen molar-refractivity contribution >= 4 is 27.1 Å². The molecule has 3 rings (SSSR count). The van der Waals surface area contributed by atoms with E-state index in [4.69, 9.17) is 0 Å². The van der Waals surface area contributed by atoms with Gasteiger partial charge < -0.3 is 0 Å². The number of hydrogen-bond donors (Lipinski definition) is 0. The van der Waals surface area contributed by atoms with Crippen LogP contribution in [0.2, 0.25) is 0 Å². The van der Waals surface area contributed by atoms with Crippen molar-refractivity contribution in [2.75, 3.05) is 5.75 Å². The summed E-state index contributed by atoms with van der Waals surface area (Å²) in [5.41, 5.74) is -1.24. The molecule has 3 aromatic rings. The van der Waals surface area contributed by atoms with Crippen LogP contribution in [0, 0.1) is 0 Å². The third kappa shape index (κ3) is 5.35. The predicted octanol–water partition coefficient (Wildman–Crippen LogP) is 4.12. The normalized spacial score (nSPS) is 13.4. The molecule has 0 atom stereocenters. The Labute approximate surface area is 192 Å². The maximum atomic E-state index is 12.9. The molecule has 1 amide bonds. The van der Waals surface area contributed by atoms with Crippen LogP contribution in [0.4, 0.5) is 26.3 Å². The summed E-state index contributed by atoms with van der Waals surface area (Å²) in [4.78, 5) is 19.1. The van der Waals surface area contributed by atoms with E-state index < -0.39 is 59.8 Å². The Morgan fingerprint density at radius 3 is 2.18 bits per heavy atom. The number of hydrogen-bond acceptors (Lipinski definition) is 6. The smallest absolute Gasteiger partial charge is 0.265 e. The van der Waals surface area contributed by atoms with Gasteiger partial charge in [-0.3, -0.25) is 4.79 Å². The van der Waals surface area contributed by atoms with Gasteiger partial charge in [0.25, 0.3) is 5.91 Å². The molecule has 0 bridgehead atoms. The third-order valence-electron chi connectivity index (χ3n) is 4.46. The van der Waals surface area contributed by atoms with Crippen LogP contribution < -0.4 is 4.80 Å². The quantitative estimate of drug-likeness (QED) is 0.479. The molecule has 182 valence electrons. The van der Waals surface area contributed by atoms with Gasteiger partial charge in [-0.1, -0.05) is 30.4 Å². The molecule has 0 aliphatic carbocycles. The van der Waals surface area contributed by atoms with Crippen molar-refractivity contribution in [3.8, 4) is 11.1 Å². The van der Waals surface area contributed by atoms with Gasteiger partial charge in [-0.05, 0) is 23.8 Å². The first-order chi connectivity index (χ1) is 15.6. The van der Waals surface area contributed by atoms with Crippen LogP contribution in [-0.2, 0) is 29.2 Å². The lowest BCUT2D eigenvalue weighted by Crippen LogP contribution is -2.18.